The molecule has 0 aliphatic heterocycles. The van der Waals surface area contributed by atoms with E-state index in [9.17, 15) is 24.2 Å². The number of carbonyl (C=O) groups excluding carboxylic acids is 2. The topological polar surface area (TPSA) is 74.6 Å². The van der Waals surface area contributed by atoms with Crippen molar-refractivity contribution in [3.63, 3.8) is 0 Å². The Balaban J connectivity index is 2.82. The maximum atomic E-state index is 12.9. The number of phenols is 2. The number of rotatable bonds is 0. The van der Waals surface area contributed by atoms with Gasteiger partial charge in [0, 0.05) is 6.08 Å². The van der Waals surface area contributed by atoms with Crippen LogP contribution in [-0.4, -0.2) is 21.8 Å². The first-order valence-corrected chi connectivity index (χ1v) is 4.03. The lowest BCUT2D eigenvalue weighted by Gasteiger charge is -2.12. The molecule has 0 atom stereocenters. The van der Waals surface area contributed by atoms with Crippen molar-refractivity contribution in [2.75, 3.05) is 0 Å². The first-order valence-electron chi connectivity index (χ1n) is 4.03. The van der Waals surface area contributed by atoms with Crippen LogP contribution in [0.3, 0.4) is 0 Å². The highest BCUT2D eigenvalue weighted by atomic mass is 19.1. The molecular formula is C10H5FO4. The molecule has 1 aliphatic rings. The Morgan fingerprint density at radius 3 is 2.13 bits per heavy atom. The van der Waals surface area contributed by atoms with E-state index in [1.165, 1.54) is 0 Å². The van der Waals surface area contributed by atoms with Gasteiger partial charge in [-0.05, 0) is 12.1 Å². The highest BCUT2D eigenvalue weighted by Crippen LogP contribution is 2.34. The Bertz CT molecular complexity index is 516. The summed E-state index contributed by atoms with van der Waals surface area (Å²) in [6.45, 7) is 0. The Hall–Kier alpha value is -2.17. The molecule has 2 N–H and O–H groups in total. The van der Waals surface area contributed by atoms with Crippen molar-refractivity contribution in [3.05, 3.63) is 35.2 Å². The Labute approximate surface area is 83.3 Å². The molecule has 1 aromatic carbocycles. The fourth-order valence-corrected chi connectivity index (χ4v) is 1.43. The third-order valence-corrected chi connectivity index (χ3v) is 2.11. The van der Waals surface area contributed by atoms with Crippen molar-refractivity contribution in [2.45, 2.75) is 0 Å². The summed E-state index contributed by atoms with van der Waals surface area (Å²) in [5, 5.41) is 18.6. The summed E-state index contributed by atoms with van der Waals surface area (Å²) in [7, 11) is 0. The van der Waals surface area contributed by atoms with E-state index in [2.05, 4.69) is 0 Å². The second-order valence-corrected chi connectivity index (χ2v) is 3.04. The van der Waals surface area contributed by atoms with Gasteiger partial charge in [-0.3, -0.25) is 9.59 Å². The summed E-state index contributed by atoms with van der Waals surface area (Å²) in [5.74, 6) is -4.16. The van der Waals surface area contributed by atoms with Gasteiger partial charge in [-0.25, -0.2) is 4.39 Å². The van der Waals surface area contributed by atoms with Gasteiger partial charge in [0.15, 0.2) is 11.6 Å². The lowest BCUT2D eigenvalue weighted by molar-refractivity contribution is 0.0958. The Morgan fingerprint density at radius 1 is 1.00 bits per heavy atom. The van der Waals surface area contributed by atoms with Crippen LogP contribution in [0.15, 0.2) is 24.0 Å². The van der Waals surface area contributed by atoms with Crippen LogP contribution in [0.25, 0.3) is 0 Å². The van der Waals surface area contributed by atoms with Crippen molar-refractivity contribution in [1.29, 1.82) is 0 Å². The van der Waals surface area contributed by atoms with Crippen LogP contribution in [0.2, 0.25) is 0 Å². The molecule has 0 radical (unpaired) electrons. The van der Waals surface area contributed by atoms with Crippen molar-refractivity contribution in [1.82, 2.24) is 0 Å². The Morgan fingerprint density at radius 2 is 1.53 bits per heavy atom. The molecule has 1 aliphatic carbocycles. The van der Waals surface area contributed by atoms with Crippen LogP contribution in [0.1, 0.15) is 20.7 Å². The van der Waals surface area contributed by atoms with Gasteiger partial charge in [-0.1, -0.05) is 0 Å². The first-order chi connectivity index (χ1) is 7.02. The third kappa shape index (κ3) is 1.20. The number of hydrogen-bond acceptors (Lipinski definition) is 4. The quantitative estimate of drug-likeness (QED) is 0.630. The first kappa shape index (κ1) is 9.39. The lowest BCUT2D eigenvalue weighted by atomic mass is 9.92. The number of allylic oxidation sites excluding steroid dienone is 2. The van der Waals surface area contributed by atoms with E-state index in [1.807, 2.05) is 0 Å². The monoisotopic (exact) mass is 208 g/mol. The molecule has 15 heavy (non-hydrogen) atoms. The highest BCUT2D eigenvalue weighted by Gasteiger charge is 2.31. The average molecular weight is 208 g/mol. The molecule has 1 aromatic rings. The number of benzene rings is 1. The van der Waals surface area contributed by atoms with Crippen molar-refractivity contribution < 1.29 is 24.2 Å². The number of aromatic hydroxyl groups is 2. The maximum absolute atomic E-state index is 12.9. The van der Waals surface area contributed by atoms with E-state index >= 15 is 0 Å². The number of hydrogen-bond donors (Lipinski definition) is 2. The van der Waals surface area contributed by atoms with E-state index in [0.29, 0.717) is 6.08 Å². The van der Waals surface area contributed by atoms with Gasteiger partial charge in [-0.2, -0.15) is 0 Å². The smallest absolute Gasteiger partial charge is 0.226 e. The van der Waals surface area contributed by atoms with Crippen LogP contribution in [0.4, 0.5) is 4.39 Å². The predicted molar refractivity (Wildman–Crippen MR) is 47.6 cm³/mol. The molecular weight excluding hydrogens is 203 g/mol. The fraction of sp³-hybridized carbons (Fsp3) is 0. The minimum Gasteiger partial charge on any atom is -0.507 e. The minimum absolute atomic E-state index is 0.360. The number of fused-ring (bicyclic) bond motifs is 1. The summed E-state index contributed by atoms with van der Waals surface area (Å²) in [6.07, 6.45) is 0.490. The van der Waals surface area contributed by atoms with Gasteiger partial charge in [0.2, 0.25) is 5.78 Å². The molecule has 0 aromatic heterocycles. The van der Waals surface area contributed by atoms with Crippen LogP contribution < -0.4 is 0 Å². The lowest BCUT2D eigenvalue weighted by Crippen LogP contribution is -2.15. The molecule has 2 rings (SSSR count). The summed E-state index contributed by atoms with van der Waals surface area (Å²) in [4.78, 5) is 22.5. The second-order valence-electron chi connectivity index (χ2n) is 3.04. The van der Waals surface area contributed by atoms with Gasteiger partial charge in [0.25, 0.3) is 0 Å². The van der Waals surface area contributed by atoms with Crippen molar-refractivity contribution in [3.8, 4) is 11.5 Å². The number of carbonyl (C=O) groups is 2. The number of ketones is 2. The molecule has 0 unspecified atom stereocenters. The van der Waals surface area contributed by atoms with E-state index in [-0.39, 0.29) is 5.56 Å². The van der Waals surface area contributed by atoms with Gasteiger partial charge in [0.1, 0.15) is 11.5 Å². The molecule has 0 saturated heterocycles. The highest BCUT2D eigenvalue weighted by molar-refractivity contribution is 6.25. The van der Waals surface area contributed by atoms with E-state index in [4.69, 9.17) is 0 Å². The summed E-state index contributed by atoms with van der Waals surface area (Å²) in [5.41, 5.74) is -0.846. The van der Waals surface area contributed by atoms with Gasteiger partial charge >= 0.3 is 0 Å². The van der Waals surface area contributed by atoms with E-state index in [1.54, 1.807) is 0 Å². The molecule has 0 spiro atoms. The van der Waals surface area contributed by atoms with Gasteiger partial charge in [0.05, 0.1) is 11.1 Å². The molecule has 4 nitrogen and oxygen atoms in total. The van der Waals surface area contributed by atoms with Gasteiger partial charge < -0.3 is 10.2 Å². The standard InChI is InChI=1S/C10H5FO4/c11-4-3-7(14)8-5(12)1-2-6(13)9(8)10(4)15/h1-3,12-13H. The normalized spacial score (nSPS) is 14.9. The minimum atomic E-state index is -1.24. The summed E-state index contributed by atoms with van der Waals surface area (Å²) >= 11 is 0. The van der Waals surface area contributed by atoms with E-state index < -0.39 is 34.5 Å². The molecule has 76 valence electrons. The largest absolute Gasteiger partial charge is 0.507 e. The average Bonchev–Trinajstić information content (AvgIpc) is 2.18. The van der Waals surface area contributed by atoms with Crippen LogP contribution in [0, 0.1) is 0 Å². The molecule has 0 saturated carbocycles. The molecule has 0 amide bonds. The zero-order valence-electron chi connectivity index (χ0n) is 7.32. The maximum Gasteiger partial charge on any atom is 0.226 e. The SMILES string of the molecule is O=C1C=C(F)C(=O)c2c(O)ccc(O)c21. The van der Waals surface area contributed by atoms with Crippen molar-refractivity contribution >= 4 is 11.6 Å². The summed E-state index contributed by atoms with van der Waals surface area (Å²) < 4.78 is 12.9. The zero-order chi connectivity index (χ0) is 11.2. The predicted octanol–water partition coefficient (Wildman–Crippen LogP) is 1.33. The molecule has 0 heterocycles. The van der Waals surface area contributed by atoms with Crippen molar-refractivity contribution in [2.24, 2.45) is 0 Å². The number of Topliss-reactive ketones (excluding diaryl/α,β-unsaturated/α-hetero) is 1. The summed E-state index contributed by atoms with van der Waals surface area (Å²) in [6, 6.07) is 2.09. The molecule has 0 bridgehead atoms. The number of halogens is 1. The fourth-order valence-electron chi connectivity index (χ4n) is 1.43. The third-order valence-electron chi connectivity index (χ3n) is 2.11. The van der Waals surface area contributed by atoms with Crippen LogP contribution in [-0.2, 0) is 0 Å². The van der Waals surface area contributed by atoms with Gasteiger partial charge in [-0.15, -0.1) is 0 Å². The Kier molecular flexibility index (Phi) is 1.82. The van der Waals surface area contributed by atoms with Crippen LogP contribution >= 0.6 is 0 Å². The zero-order valence-corrected chi connectivity index (χ0v) is 7.32. The molecule has 0 fully saturated rings. The van der Waals surface area contributed by atoms with Crippen LogP contribution in [0.5, 0.6) is 11.5 Å². The molecule has 5 heteroatoms. The number of phenolic OH excluding ortho intramolecular Hbond substituents is 2. The second kappa shape index (κ2) is 2.91. The van der Waals surface area contributed by atoms with E-state index in [0.717, 1.165) is 12.1 Å².